The molecule has 0 spiro atoms. The summed E-state index contributed by atoms with van der Waals surface area (Å²) in [7, 11) is 1.69. The Hall–Kier alpha value is -0.450. The average molecular weight is 304 g/mol. The Bertz CT molecular complexity index is 346. The smallest absolute Gasteiger partial charge is 0.137 e. The highest BCUT2D eigenvalue weighted by Crippen LogP contribution is 2.22. The molecule has 1 rings (SSSR count). The first-order chi connectivity index (χ1) is 8.15. The zero-order chi connectivity index (χ0) is 12.7. The van der Waals surface area contributed by atoms with Gasteiger partial charge in [0.05, 0.1) is 11.1 Å². The molecule has 0 amide bonds. The van der Waals surface area contributed by atoms with Crippen LogP contribution in [0.2, 0.25) is 0 Å². The minimum atomic E-state index is -0.193. The SMILES string of the molecule is COCCNCC(C)Cc1cccc(F)c1Br. The van der Waals surface area contributed by atoms with Crippen molar-refractivity contribution in [3.05, 3.63) is 34.1 Å². The van der Waals surface area contributed by atoms with E-state index in [0.29, 0.717) is 10.4 Å². The first kappa shape index (κ1) is 14.6. The monoisotopic (exact) mass is 303 g/mol. The van der Waals surface area contributed by atoms with Crippen molar-refractivity contribution in [2.24, 2.45) is 5.92 Å². The van der Waals surface area contributed by atoms with Crippen molar-refractivity contribution >= 4 is 15.9 Å². The predicted molar refractivity (Wildman–Crippen MR) is 71.7 cm³/mol. The molecule has 0 saturated heterocycles. The topological polar surface area (TPSA) is 21.3 Å². The third-order valence-electron chi connectivity index (χ3n) is 2.58. The van der Waals surface area contributed by atoms with Crippen LogP contribution in [-0.2, 0) is 11.2 Å². The van der Waals surface area contributed by atoms with Gasteiger partial charge in [0.15, 0.2) is 0 Å². The van der Waals surface area contributed by atoms with E-state index in [4.69, 9.17) is 4.74 Å². The molecule has 0 aliphatic carbocycles. The molecule has 0 aromatic heterocycles. The molecular weight excluding hydrogens is 285 g/mol. The van der Waals surface area contributed by atoms with Crippen molar-refractivity contribution in [2.45, 2.75) is 13.3 Å². The summed E-state index contributed by atoms with van der Waals surface area (Å²) in [6.07, 6.45) is 0.859. The quantitative estimate of drug-likeness (QED) is 0.782. The summed E-state index contributed by atoms with van der Waals surface area (Å²) in [6, 6.07) is 5.18. The second-order valence-corrected chi connectivity index (χ2v) is 5.01. The van der Waals surface area contributed by atoms with Crippen LogP contribution in [0.3, 0.4) is 0 Å². The van der Waals surface area contributed by atoms with Gasteiger partial charge in [0, 0.05) is 13.7 Å². The van der Waals surface area contributed by atoms with E-state index < -0.39 is 0 Å². The minimum Gasteiger partial charge on any atom is -0.383 e. The summed E-state index contributed by atoms with van der Waals surface area (Å²) in [6.45, 7) is 4.63. The predicted octanol–water partition coefficient (Wildman–Crippen LogP) is 3.00. The largest absolute Gasteiger partial charge is 0.383 e. The number of rotatable bonds is 7. The molecule has 96 valence electrons. The summed E-state index contributed by atoms with van der Waals surface area (Å²) in [5.74, 6) is 0.270. The van der Waals surface area contributed by atoms with Crippen molar-refractivity contribution in [1.29, 1.82) is 0 Å². The van der Waals surface area contributed by atoms with Crippen LogP contribution >= 0.6 is 15.9 Å². The van der Waals surface area contributed by atoms with Gasteiger partial charge in [-0.1, -0.05) is 19.1 Å². The van der Waals surface area contributed by atoms with Gasteiger partial charge in [0.2, 0.25) is 0 Å². The molecule has 0 bridgehead atoms. The molecule has 0 radical (unpaired) electrons. The standard InChI is InChI=1S/C13H19BrFNO/c1-10(9-16-6-7-17-2)8-11-4-3-5-12(15)13(11)14/h3-5,10,16H,6-9H2,1-2H3. The Kier molecular flexibility index (Phi) is 6.70. The number of ether oxygens (including phenoxy) is 1. The molecule has 4 heteroatoms. The summed E-state index contributed by atoms with van der Waals surface area (Å²) < 4.78 is 18.8. The Morgan fingerprint density at radius 1 is 1.47 bits per heavy atom. The van der Waals surface area contributed by atoms with Crippen molar-refractivity contribution in [3.8, 4) is 0 Å². The van der Waals surface area contributed by atoms with Gasteiger partial charge >= 0.3 is 0 Å². The van der Waals surface area contributed by atoms with Crippen LogP contribution in [0.4, 0.5) is 4.39 Å². The Morgan fingerprint density at radius 3 is 2.94 bits per heavy atom. The van der Waals surface area contributed by atoms with E-state index >= 15 is 0 Å². The van der Waals surface area contributed by atoms with E-state index in [2.05, 4.69) is 28.2 Å². The van der Waals surface area contributed by atoms with Crippen LogP contribution in [-0.4, -0.2) is 26.8 Å². The molecule has 0 saturated carbocycles. The maximum atomic E-state index is 13.3. The maximum Gasteiger partial charge on any atom is 0.137 e. The molecule has 17 heavy (non-hydrogen) atoms. The van der Waals surface area contributed by atoms with Gasteiger partial charge in [0.25, 0.3) is 0 Å². The lowest BCUT2D eigenvalue weighted by molar-refractivity contribution is 0.198. The second kappa shape index (κ2) is 7.80. The molecule has 1 unspecified atom stereocenters. The molecule has 1 aromatic rings. The first-order valence-electron chi connectivity index (χ1n) is 5.77. The number of hydrogen-bond acceptors (Lipinski definition) is 2. The van der Waals surface area contributed by atoms with Gasteiger partial charge in [-0.05, 0) is 46.4 Å². The van der Waals surface area contributed by atoms with E-state index in [1.807, 2.05) is 6.07 Å². The van der Waals surface area contributed by atoms with E-state index in [-0.39, 0.29) is 5.82 Å². The summed E-state index contributed by atoms with van der Waals surface area (Å²) >= 11 is 3.29. The molecule has 0 aliphatic heterocycles. The van der Waals surface area contributed by atoms with Gasteiger partial charge in [0.1, 0.15) is 5.82 Å². The minimum absolute atomic E-state index is 0.193. The Labute approximate surface area is 111 Å². The lowest BCUT2D eigenvalue weighted by atomic mass is 10.0. The molecular formula is C13H19BrFNO. The molecule has 0 aliphatic rings. The summed E-state index contributed by atoms with van der Waals surface area (Å²) in [5.41, 5.74) is 1.02. The van der Waals surface area contributed by atoms with Gasteiger partial charge in [-0.15, -0.1) is 0 Å². The van der Waals surface area contributed by atoms with Gasteiger partial charge in [-0.2, -0.15) is 0 Å². The van der Waals surface area contributed by atoms with Crippen LogP contribution in [0.15, 0.2) is 22.7 Å². The van der Waals surface area contributed by atoms with Crippen molar-refractivity contribution in [3.63, 3.8) is 0 Å². The summed E-state index contributed by atoms with van der Waals surface area (Å²) in [5, 5.41) is 3.31. The van der Waals surface area contributed by atoms with Crippen LogP contribution in [0.5, 0.6) is 0 Å². The molecule has 1 aromatic carbocycles. The molecule has 1 N–H and O–H groups in total. The van der Waals surface area contributed by atoms with Crippen LogP contribution in [0, 0.1) is 11.7 Å². The zero-order valence-electron chi connectivity index (χ0n) is 10.3. The van der Waals surface area contributed by atoms with Crippen molar-refractivity contribution in [2.75, 3.05) is 26.8 Å². The number of nitrogens with one attached hydrogen (secondary N) is 1. The van der Waals surface area contributed by atoms with Crippen LogP contribution in [0.1, 0.15) is 12.5 Å². The highest BCUT2D eigenvalue weighted by atomic mass is 79.9. The highest BCUT2D eigenvalue weighted by Gasteiger charge is 2.09. The normalized spacial score (nSPS) is 12.7. The summed E-state index contributed by atoms with van der Waals surface area (Å²) in [4.78, 5) is 0. The maximum absolute atomic E-state index is 13.3. The fraction of sp³-hybridized carbons (Fsp3) is 0.538. The highest BCUT2D eigenvalue weighted by molar-refractivity contribution is 9.10. The van der Waals surface area contributed by atoms with Gasteiger partial charge in [-0.3, -0.25) is 0 Å². The number of methoxy groups -OCH3 is 1. The van der Waals surface area contributed by atoms with Crippen LogP contribution in [0.25, 0.3) is 0 Å². The Balaban J connectivity index is 2.39. The number of halogens is 2. The number of benzene rings is 1. The van der Waals surface area contributed by atoms with Gasteiger partial charge < -0.3 is 10.1 Å². The fourth-order valence-corrected chi connectivity index (χ4v) is 2.10. The molecule has 0 fully saturated rings. The third kappa shape index (κ3) is 5.15. The lowest BCUT2D eigenvalue weighted by Crippen LogP contribution is -2.25. The van der Waals surface area contributed by atoms with E-state index in [0.717, 1.165) is 31.7 Å². The lowest BCUT2D eigenvalue weighted by Gasteiger charge is -2.13. The van der Waals surface area contributed by atoms with Crippen molar-refractivity contribution in [1.82, 2.24) is 5.32 Å². The molecule has 2 nitrogen and oxygen atoms in total. The van der Waals surface area contributed by atoms with E-state index in [1.54, 1.807) is 13.2 Å². The Morgan fingerprint density at radius 2 is 2.24 bits per heavy atom. The third-order valence-corrected chi connectivity index (χ3v) is 3.46. The second-order valence-electron chi connectivity index (χ2n) is 4.22. The van der Waals surface area contributed by atoms with Crippen LogP contribution < -0.4 is 5.32 Å². The molecule has 0 heterocycles. The first-order valence-corrected chi connectivity index (χ1v) is 6.57. The van der Waals surface area contributed by atoms with E-state index in [1.165, 1.54) is 6.07 Å². The molecule has 1 atom stereocenters. The van der Waals surface area contributed by atoms with Gasteiger partial charge in [-0.25, -0.2) is 4.39 Å². The zero-order valence-corrected chi connectivity index (χ0v) is 11.9. The van der Waals surface area contributed by atoms with Crippen molar-refractivity contribution < 1.29 is 9.13 Å². The average Bonchev–Trinajstić information content (AvgIpc) is 2.31. The van der Waals surface area contributed by atoms with E-state index in [9.17, 15) is 4.39 Å². The fourth-order valence-electron chi connectivity index (χ4n) is 1.68. The number of hydrogen-bond donors (Lipinski definition) is 1.